The number of alkyl halides is 1. The van der Waals surface area contributed by atoms with Crippen LogP contribution in [-0.4, -0.2) is 11.7 Å². The zero-order chi connectivity index (χ0) is 10.6. The van der Waals surface area contributed by atoms with E-state index in [4.69, 9.17) is 28.3 Å². The van der Waals surface area contributed by atoms with Gasteiger partial charge in [0.2, 0.25) is 0 Å². The van der Waals surface area contributed by atoms with Gasteiger partial charge in [0.15, 0.2) is 0 Å². The average Bonchev–Trinajstić information content (AvgIpc) is 2.18. The Labute approximate surface area is 94.7 Å². The van der Waals surface area contributed by atoms with Crippen molar-refractivity contribution in [2.24, 2.45) is 0 Å². The number of benzene rings is 1. The molecule has 1 aromatic carbocycles. The lowest BCUT2D eigenvalue weighted by molar-refractivity contribution is 0.284. The second kappa shape index (κ2) is 5.59. The Morgan fingerprint density at radius 1 is 1.43 bits per heavy atom. The molecule has 0 aliphatic carbocycles. The summed E-state index contributed by atoms with van der Waals surface area (Å²) in [7, 11) is 0. The van der Waals surface area contributed by atoms with Crippen LogP contribution < -0.4 is 0 Å². The van der Waals surface area contributed by atoms with Crippen molar-refractivity contribution in [3.63, 3.8) is 0 Å². The molecule has 0 saturated carbocycles. The van der Waals surface area contributed by atoms with E-state index in [0.29, 0.717) is 0 Å². The zero-order valence-electron chi connectivity index (χ0n) is 8.13. The topological polar surface area (TPSA) is 20.2 Å². The fourth-order valence-corrected chi connectivity index (χ4v) is 1.71. The lowest BCUT2D eigenvalue weighted by Gasteiger charge is -2.10. The lowest BCUT2D eigenvalue weighted by atomic mass is 10.1. The van der Waals surface area contributed by atoms with Crippen LogP contribution in [0.4, 0.5) is 0 Å². The number of aliphatic hydroxyl groups is 1. The highest BCUT2D eigenvalue weighted by atomic mass is 35.5. The van der Waals surface area contributed by atoms with E-state index >= 15 is 0 Å². The number of aliphatic hydroxyl groups excluding tert-OH is 1. The molecular weight excluding hydrogens is 219 g/mol. The van der Waals surface area contributed by atoms with Gasteiger partial charge < -0.3 is 5.11 Å². The van der Waals surface area contributed by atoms with Crippen LogP contribution in [0.5, 0.6) is 0 Å². The maximum absolute atomic E-state index is 8.68. The summed E-state index contributed by atoms with van der Waals surface area (Å²) in [6.45, 7) is 2.15. The Hall–Kier alpha value is -0.240. The van der Waals surface area contributed by atoms with E-state index in [1.54, 1.807) is 0 Å². The van der Waals surface area contributed by atoms with Crippen molar-refractivity contribution in [3.05, 3.63) is 34.3 Å². The highest BCUT2D eigenvalue weighted by Crippen LogP contribution is 2.28. The van der Waals surface area contributed by atoms with Crippen molar-refractivity contribution >= 4 is 23.2 Å². The molecule has 1 aromatic rings. The van der Waals surface area contributed by atoms with E-state index in [1.807, 2.05) is 25.1 Å². The van der Waals surface area contributed by atoms with Gasteiger partial charge in [-0.15, -0.1) is 11.6 Å². The molecule has 1 unspecified atom stereocenters. The maximum atomic E-state index is 8.68. The number of rotatable bonds is 4. The second-order valence-electron chi connectivity index (χ2n) is 3.34. The summed E-state index contributed by atoms with van der Waals surface area (Å²) in [4.78, 5) is 0. The Balaban J connectivity index is 2.70. The molecule has 0 aliphatic heterocycles. The van der Waals surface area contributed by atoms with Crippen LogP contribution in [-0.2, 0) is 0 Å². The normalized spacial score (nSPS) is 12.9. The minimum Gasteiger partial charge on any atom is -0.396 e. The van der Waals surface area contributed by atoms with Gasteiger partial charge in [0.05, 0.1) is 5.38 Å². The monoisotopic (exact) mass is 232 g/mol. The zero-order valence-corrected chi connectivity index (χ0v) is 9.65. The van der Waals surface area contributed by atoms with Gasteiger partial charge in [0.25, 0.3) is 0 Å². The van der Waals surface area contributed by atoms with E-state index in [2.05, 4.69) is 0 Å². The highest BCUT2D eigenvalue weighted by molar-refractivity contribution is 6.31. The van der Waals surface area contributed by atoms with Gasteiger partial charge in [-0.05, 0) is 37.0 Å². The number of hydrogen-bond donors (Lipinski definition) is 1. The standard InChI is InChI=1S/C11H14Cl2O/c1-8-7-9(4-5-10(8)12)11(13)3-2-6-14/h4-5,7,11,14H,2-3,6H2,1H3. The molecule has 0 spiro atoms. The molecule has 78 valence electrons. The Morgan fingerprint density at radius 2 is 2.14 bits per heavy atom. The lowest BCUT2D eigenvalue weighted by Crippen LogP contribution is -1.93. The van der Waals surface area contributed by atoms with E-state index in [9.17, 15) is 0 Å². The van der Waals surface area contributed by atoms with E-state index in [1.165, 1.54) is 0 Å². The molecule has 0 aromatic heterocycles. The van der Waals surface area contributed by atoms with Crippen LogP contribution in [0.25, 0.3) is 0 Å². The SMILES string of the molecule is Cc1cc(C(Cl)CCCO)ccc1Cl. The van der Waals surface area contributed by atoms with E-state index in [-0.39, 0.29) is 12.0 Å². The first-order valence-electron chi connectivity index (χ1n) is 4.66. The van der Waals surface area contributed by atoms with E-state index in [0.717, 1.165) is 29.0 Å². The second-order valence-corrected chi connectivity index (χ2v) is 4.28. The Bertz CT molecular complexity index is 299. The summed E-state index contributed by atoms with van der Waals surface area (Å²) >= 11 is 12.1. The molecule has 1 rings (SSSR count). The molecule has 0 aliphatic rings. The van der Waals surface area contributed by atoms with Crippen molar-refractivity contribution < 1.29 is 5.11 Å². The van der Waals surface area contributed by atoms with Crippen molar-refractivity contribution in [1.82, 2.24) is 0 Å². The van der Waals surface area contributed by atoms with Crippen molar-refractivity contribution in [2.75, 3.05) is 6.61 Å². The van der Waals surface area contributed by atoms with Gasteiger partial charge in [0.1, 0.15) is 0 Å². The highest BCUT2D eigenvalue weighted by Gasteiger charge is 2.08. The van der Waals surface area contributed by atoms with Gasteiger partial charge in [-0.1, -0.05) is 23.7 Å². The van der Waals surface area contributed by atoms with E-state index < -0.39 is 0 Å². The maximum Gasteiger partial charge on any atom is 0.0586 e. The molecule has 0 saturated heterocycles. The van der Waals surface area contributed by atoms with Crippen molar-refractivity contribution in [3.8, 4) is 0 Å². The molecule has 14 heavy (non-hydrogen) atoms. The number of hydrogen-bond acceptors (Lipinski definition) is 1. The Kier molecular flexibility index (Phi) is 4.73. The third-order valence-electron chi connectivity index (χ3n) is 2.16. The van der Waals surface area contributed by atoms with Gasteiger partial charge in [-0.3, -0.25) is 0 Å². The van der Waals surface area contributed by atoms with Crippen LogP contribution in [0.3, 0.4) is 0 Å². The average molecular weight is 233 g/mol. The van der Waals surface area contributed by atoms with Gasteiger partial charge in [-0.25, -0.2) is 0 Å². The molecular formula is C11H14Cl2O. The predicted octanol–water partition coefficient (Wildman–Crippen LogP) is 3.70. The Morgan fingerprint density at radius 3 is 2.71 bits per heavy atom. The van der Waals surface area contributed by atoms with Crippen LogP contribution in [0.15, 0.2) is 18.2 Å². The van der Waals surface area contributed by atoms with Crippen molar-refractivity contribution in [2.45, 2.75) is 25.1 Å². The summed E-state index contributed by atoms with van der Waals surface area (Å²) in [6.07, 6.45) is 1.52. The number of halogens is 2. The summed E-state index contributed by atoms with van der Waals surface area (Å²) in [6, 6.07) is 5.79. The van der Waals surface area contributed by atoms with Crippen LogP contribution in [0, 0.1) is 6.92 Å². The molecule has 0 bridgehead atoms. The van der Waals surface area contributed by atoms with Crippen LogP contribution >= 0.6 is 23.2 Å². The molecule has 1 atom stereocenters. The minimum absolute atomic E-state index is 0.0295. The van der Waals surface area contributed by atoms with Crippen LogP contribution in [0.1, 0.15) is 29.3 Å². The van der Waals surface area contributed by atoms with Crippen LogP contribution in [0.2, 0.25) is 5.02 Å². The molecule has 0 heterocycles. The fraction of sp³-hybridized carbons (Fsp3) is 0.455. The first-order chi connectivity index (χ1) is 6.65. The molecule has 1 nitrogen and oxygen atoms in total. The third kappa shape index (κ3) is 3.16. The van der Waals surface area contributed by atoms with Gasteiger partial charge in [-0.2, -0.15) is 0 Å². The van der Waals surface area contributed by atoms with Gasteiger partial charge in [0, 0.05) is 11.6 Å². The summed E-state index contributed by atoms with van der Waals surface area (Å²) < 4.78 is 0. The smallest absolute Gasteiger partial charge is 0.0586 e. The molecule has 3 heteroatoms. The molecule has 0 fully saturated rings. The molecule has 0 radical (unpaired) electrons. The predicted molar refractivity (Wildman–Crippen MR) is 61.1 cm³/mol. The largest absolute Gasteiger partial charge is 0.396 e. The molecule has 0 amide bonds. The fourth-order valence-electron chi connectivity index (χ4n) is 1.30. The molecule has 1 N–H and O–H groups in total. The minimum atomic E-state index is -0.0295. The van der Waals surface area contributed by atoms with Gasteiger partial charge >= 0.3 is 0 Å². The summed E-state index contributed by atoms with van der Waals surface area (Å²) in [5, 5.41) is 9.42. The summed E-state index contributed by atoms with van der Waals surface area (Å²) in [5.41, 5.74) is 2.11. The number of aryl methyl sites for hydroxylation is 1. The summed E-state index contributed by atoms with van der Waals surface area (Å²) in [5.74, 6) is 0. The van der Waals surface area contributed by atoms with Crippen molar-refractivity contribution in [1.29, 1.82) is 0 Å². The third-order valence-corrected chi connectivity index (χ3v) is 3.05. The quantitative estimate of drug-likeness (QED) is 0.786. The first kappa shape index (κ1) is 11.8. The first-order valence-corrected chi connectivity index (χ1v) is 5.47.